The molecule has 1 aliphatic heterocycles. The van der Waals surface area contributed by atoms with Gasteiger partial charge in [-0.1, -0.05) is 0 Å². The van der Waals surface area contributed by atoms with Gasteiger partial charge >= 0.3 is 0 Å². The quantitative estimate of drug-likeness (QED) is 0.860. The Morgan fingerprint density at radius 1 is 1.29 bits per heavy atom. The second kappa shape index (κ2) is 4.47. The van der Waals surface area contributed by atoms with Crippen molar-refractivity contribution in [3.05, 3.63) is 30.1 Å². The summed E-state index contributed by atoms with van der Waals surface area (Å²) in [6.45, 7) is 1.64. The summed E-state index contributed by atoms with van der Waals surface area (Å²) < 4.78 is 7.60. The van der Waals surface area contributed by atoms with E-state index in [1.54, 1.807) is 0 Å². The SMILES string of the molecule is OCc1ccc2ccn(C3CCOCC3)c2n1. The first-order valence-corrected chi connectivity index (χ1v) is 6.03. The first-order valence-electron chi connectivity index (χ1n) is 6.03. The van der Waals surface area contributed by atoms with Crippen molar-refractivity contribution in [1.82, 2.24) is 9.55 Å². The number of pyridine rings is 1. The Hall–Kier alpha value is -1.39. The van der Waals surface area contributed by atoms with Gasteiger partial charge in [0, 0.05) is 30.8 Å². The van der Waals surface area contributed by atoms with Crippen molar-refractivity contribution in [3.63, 3.8) is 0 Å². The zero-order valence-electron chi connectivity index (χ0n) is 9.67. The number of aliphatic hydroxyl groups is 1. The Kier molecular flexibility index (Phi) is 2.82. The maximum Gasteiger partial charge on any atom is 0.140 e. The van der Waals surface area contributed by atoms with Crippen molar-refractivity contribution in [1.29, 1.82) is 0 Å². The van der Waals surface area contributed by atoms with Crippen molar-refractivity contribution in [2.24, 2.45) is 0 Å². The van der Waals surface area contributed by atoms with Crippen LogP contribution in [0.5, 0.6) is 0 Å². The van der Waals surface area contributed by atoms with Gasteiger partial charge in [-0.25, -0.2) is 4.98 Å². The number of nitrogens with zero attached hydrogens (tertiary/aromatic N) is 2. The average molecular weight is 232 g/mol. The molecule has 0 bridgehead atoms. The normalized spacial score (nSPS) is 17.7. The van der Waals surface area contributed by atoms with Gasteiger partial charge in [-0.2, -0.15) is 0 Å². The maximum absolute atomic E-state index is 9.14. The molecule has 0 saturated carbocycles. The Bertz CT molecular complexity index is 515. The fraction of sp³-hybridized carbons (Fsp3) is 0.462. The van der Waals surface area contributed by atoms with Gasteiger partial charge in [0.15, 0.2) is 0 Å². The van der Waals surface area contributed by atoms with E-state index in [1.807, 2.05) is 12.1 Å². The standard InChI is InChI=1S/C13H16N2O2/c16-9-11-2-1-10-3-6-15(13(10)14-11)12-4-7-17-8-5-12/h1-3,6,12,16H,4-5,7-9H2. The van der Waals surface area contributed by atoms with Crippen LogP contribution in [-0.2, 0) is 11.3 Å². The molecular formula is C13H16N2O2. The van der Waals surface area contributed by atoms with Gasteiger partial charge in [-0.3, -0.25) is 0 Å². The minimum atomic E-state index is -0.00506. The van der Waals surface area contributed by atoms with Gasteiger partial charge in [-0.15, -0.1) is 0 Å². The molecule has 0 spiro atoms. The van der Waals surface area contributed by atoms with E-state index in [9.17, 15) is 0 Å². The fourth-order valence-corrected chi connectivity index (χ4v) is 2.41. The third-order valence-electron chi connectivity index (χ3n) is 3.37. The highest BCUT2D eigenvalue weighted by molar-refractivity contribution is 5.76. The van der Waals surface area contributed by atoms with E-state index >= 15 is 0 Å². The Morgan fingerprint density at radius 3 is 2.88 bits per heavy atom. The third-order valence-corrected chi connectivity index (χ3v) is 3.37. The van der Waals surface area contributed by atoms with Gasteiger partial charge < -0.3 is 14.4 Å². The monoisotopic (exact) mass is 232 g/mol. The van der Waals surface area contributed by atoms with Crippen LogP contribution in [0.3, 0.4) is 0 Å². The topological polar surface area (TPSA) is 47.3 Å². The molecule has 90 valence electrons. The minimum Gasteiger partial charge on any atom is -0.390 e. The highest BCUT2D eigenvalue weighted by atomic mass is 16.5. The van der Waals surface area contributed by atoms with Gasteiger partial charge in [0.05, 0.1) is 12.3 Å². The van der Waals surface area contributed by atoms with Gasteiger partial charge in [0.1, 0.15) is 5.65 Å². The van der Waals surface area contributed by atoms with E-state index < -0.39 is 0 Å². The van der Waals surface area contributed by atoms with Crippen molar-refractivity contribution in [3.8, 4) is 0 Å². The number of hydrogen-bond acceptors (Lipinski definition) is 3. The van der Waals surface area contributed by atoms with Crippen LogP contribution in [0.2, 0.25) is 0 Å². The molecule has 0 amide bonds. The molecule has 4 heteroatoms. The van der Waals surface area contributed by atoms with Crippen LogP contribution >= 0.6 is 0 Å². The van der Waals surface area contributed by atoms with Crippen LogP contribution in [0.15, 0.2) is 24.4 Å². The summed E-state index contributed by atoms with van der Waals surface area (Å²) in [6, 6.07) is 6.45. The predicted molar refractivity (Wildman–Crippen MR) is 64.7 cm³/mol. The number of aliphatic hydroxyl groups excluding tert-OH is 1. The van der Waals surface area contributed by atoms with Gasteiger partial charge in [-0.05, 0) is 31.0 Å². The average Bonchev–Trinajstić information content (AvgIpc) is 2.82. The van der Waals surface area contributed by atoms with Crippen molar-refractivity contribution in [2.45, 2.75) is 25.5 Å². The highest BCUT2D eigenvalue weighted by Gasteiger charge is 2.17. The first-order chi connectivity index (χ1) is 8.38. The molecule has 4 nitrogen and oxygen atoms in total. The summed E-state index contributed by atoms with van der Waals surface area (Å²) in [5.74, 6) is 0. The molecule has 2 aromatic heterocycles. The molecule has 0 radical (unpaired) electrons. The van der Waals surface area contributed by atoms with Crippen LogP contribution < -0.4 is 0 Å². The van der Waals surface area contributed by atoms with Crippen LogP contribution in [0.1, 0.15) is 24.6 Å². The summed E-state index contributed by atoms with van der Waals surface area (Å²) in [6.07, 6.45) is 4.17. The Morgan fingerprint density at radius 2 is 2.12 bits per heavy atom. The van der Waals surface area contributed by atoms with Crippen LogP contribution in [-0.4, -0.2) is 27.9 Å². The molecule has 2 aromatic rings. The molecule has 0 atom stereocenters. The van der Waals surface area contributed by atoms with E-state index in [1.165, 1.54) is 0 Å². The van der Waals surface area contributed by atoms with Crippen LogP contribution in [0, 0.1) is 0 Å². The summed E-state index contributed by atoms with van der Waals surface area (Å²) in [4.78, 5) is 4.50. The molecule has 1 aliphatic rings. The van der Waals surface area contributed by atoms with E-state index in [2.05, 4.69) is 21.8 Å². The molecule has 3 rings (SSSR count). The fourth-order valence-electron chi connectivity index (χ4n) is 2.41. The van der Waals surface area contributed by atoms with E-state index in [0.717, 1.165) is 42.8 Å². The zero-order valence-corrected chi connectivity index (χ0v) is 9.67. The summed E-state index contributed by atoms with van der Waals surface area (Å²) >= 11 is 0. The second-order valence-electron chi connectivity index (χ2n) is 4.44. The van der Waals surface area contributed by atoms with Crippen LogP contribution in [0.4, 0.5) is 0 Å². The lowest BCUT2D eigenvalue weighted by molar-refractivity contribution is 0.0706. The largest absolute Gasteiger partial charge is 0.390 e. The lowest BCUT2D eigenvalue weighted by atomic mass is 10.1. The number of hydrogen-bond donors (Lipinski definition) is 1. The molecule has 0 aliphatic carbocycles. The number of rotatable bonds is 2. The predicted octanol–water partition coefficient (Wildman–Crippen LogP) is 1.88. The van der Waals surface area contributed by atoms with E-state index in [0.29, 0.717) is 6.04 Å². The minimum absolute atomic E-state index is 0.00506. The molecule has 0 unspecified atom stereocenters. The van der Waals surface area contributed by atoms with Crippen molar-refractivity contribution in [2.75, 3.05) is 13.2 Å². The van der Waals surface area contributed by atoms with Gasteiger partial charge in [0.2, 0.25) is 0 Å². The van der Waals surface area contributed by atoms with Crippen molar-refractivity contribution >= 4 is 11.0 Å². The lowest BCUT2D eigenvalue weighted by Gasteiger charge is -2.24. The van der Waals surface area contributed by atoms with E-state index in [4.69, 9.17) is 9.84 Å². The molecule has 1 saturated heterocycles. The number of aromatic nitrogens is 2. The molecule has 0 aromatic carbocycles. The summed E-state index contributed by atoms with van der Waals surface area (Å²) in [5, 5.41) is 10.3. The smallest absolute Gasteiger partial charge is 0.140 e. The Labute approximate surface area is 99.8 Å². The Balaban J connectivity index is 2.02. The number of ether oxygens (including phenoxy) is 1. The number of fused-ring (bicyclic) bond motifs is 1. The maximum atomic E-state index is 9.14. The van der Waals surface area contributed by atoms with Crippen LogP contribution in [0.25, 0.3) is 11.0 Å². The highest BCUT2D eigenvalue weighted by Crippen LogP contribution is 2.25. The van der Waals surface area contributed by atoms with E-state index in [-0.39, 0.29) is 6.61 Å². The zero-order chi connectivity index (χ0) is 11.7. The summed E-state index contributed by atoms with van der Waals surface area (Å²) in [7, 11) is 0. The molecular weight excluding hydrogens is 216 g/mol. The second-order valence-corrected chi connectivity index (χ2v) is 4.44. The van der Waals surface area contributed by atoms with Gasteiger partial charge in [0.25, 0.3) is 0 Å². The molecule has 1 fully saturated rings. The molecule has 3 heterocycles. The summed E-state index contributed by atoms with van der Waals surface area (Å²) in [5.41, 5.74) is 1.70. The first kappa shape index (κ1) is 10.7. The van der Waals surface area contributed by atoms with Crippen molar-refractivity contribution < 1.29 is 9.84 Å². The third kappa shape index (κ3) is 1.94. The molecule has 17 heavy (non-hydrogen) atoms. The lowest BCUT2D eigenvalue weighted by Crippen LogP contribution is -2.19. The molecule has 1 N–H and O–H groups in total.